The normalized spacial score (nSPS) is 10.4. The highest BCUT2D eigenvalue weighted by Gasteiger charge is 2.13. The number of benzene rings is 2. The lowest BCUT2D eigenvalue weighted by Gasteiger charge is -2.17. The van der Waals surface area contributed by atoms with Gasteiger partial charge in [0.1, 0.15) is 5.69 Å². The summed E-state index contributed by atoms with van der Waals surface area (Å²) in [6, 6.07) is 21.4. The highest BCUT2D eigenvalue weighted by Crippen LogP contribution is 2.13. The zero-order valence-corrected chi connectivity index (χ0v) is 16.0. The van der Waals surface area contributed by atoms with Crippen LogP contribution < -0.4 is 5.32 Å². The van der Waals surface area contributed by atoms with Crippen LogP contribution in [-0.4, -0.2) is 29.4 Å². The van der Waals surface area contributed by atoms with Gasteiger partial charge in [-0.05, 0) is 41.8 Å². The predicted octanol–water partition coefficient (Wildman–Crippen LogP) is 4.66. The molecule has 4 nitrogen and oxygen atoms in total. The fourth-order valence-corrected chi connectivity index (χ4v) is 3.01. The molecule has 27 heavy (non-hydrogen) atoms. The Morgan fingerprint density at radius 2 is 1.81 bits per heavy atom. The Hall–Kier alpha value is -2.85. The Morgan fingerprint density at radius 3 is 2.52 bits per heavy atom. The Labute approximate surface area is 164 Å². The fourth-order valence-electron chi connectivity index (χ4n) is 2.79. The van der Waals surface area contributed by atoms with E-state index in [2.05, 4.69) is 16.4 Å². The van der Waals surface area contributed by atoms with Crippen molar-refractivity contribution < 1.29 is 4.79 Å². The van der Waals surface area contributed by atoms with Gasteiger partial charge in [0.25, 0.3) is 5.91 Å². The number of aromatic nitrogens is 1. The zero-order valence-electron chi connectivity index (χ0n) is 15.2. The summed E-state index contributed by atoms with van der Waals surface area (Å²) in [7, 11) is 1.79. The number of anilines is 1. The summed E-state index contributed by atoms with van der Waals surface area (Å²) in [4.78, 5) is 18.5. The number of pyridine rings is 1. The van der Waals surface area contributed by atoms with Gasteiger partial charge >= 0.3 is 0 Å². The van der Waals surface area contributed by atoms with Crippen LogP contribution in [0.15, 0.2) is 72.9 Å². The Kier molecular flexibility index (Phi) is 6.44. The first-order chi connectivity index (χ1) is 13.1. The van der Waals surface area contributed by atoms with Crippen LogP contribution >= 0.6 is 11.6 Å². The van der Waals surface area contributed by atoms with Gasteiger partial charge in [-0.2, -0.15) is 0 Å². The number of halogens is 1. The summed E-state index contributed by atoms with van der Waals surface area (Å²) in [6.07, 6.45) is 2.56. The number of rotatable bonds is 7. The minimum Gasteiger partial charge on any atom is -0.383 e. The molecule has 0 saturated heterocycles. The van der Waals surface area contributed by atoms with Gasteiger partial charge in [-0.15, -0.1) is 0 Å². The number of nitrogens with one attached hydrogen (secondary N) is 1. The lowest BCUT2D eigenvalue weighted by Crippen LogP contribution is -2.27. The van der Waals surface area contributed by atoms with Gasteiger partial charge in [-0.3, -0.25) is 4.79 Å². The maximum absolute atomic E-state index is 12.5. The second-order valence-electron chi connectivity index (χ2n) is 6.39. The molecule has 1 amide bonds. The van der Waals surface area contributed by atoms with E-state index in [0.29, 0.717) is 12.2 Å². The first kappa shape index (κ1) is 18.9. The van der Waals surface area contributed by atoms with E-state index in [0.717, 1.165) is 29.2 Å². The standard InChI is InChI=1S/C22H22ClN3O/c1-26(16-18-6-3-2-4-7-18)22(27)21-11-10-20(15-25-21)24-13-12-17-8-5-9-19(23)14-17/h2-11,14-15,24H,12-13,16H2,1H3. The molecule has 1 N–H and O–H groups in total. The summed E-state index contributed by atoms with van der Waals surface area (Å²) in [6.45, 7) is 1.32. The van der Waals surface area contributed by atoms with Gasteiger partial charge in [0.05, 0.1) is 11.9 Å². The van der Waals surface area contributed by atoms with Gasteiger partial charge in [0.2, 0.25) is 0 Å². The van der Waals surface area contributed by atoms with Gasteiger partial charge < -0.3 is 10.2 Å². The summed E-state index contributed by atoms with van der Waals surface area (Å²) in [5, 5.41) is 4.06. The average molecular weight is 380 g/mol. The monoisotopic (exact) mass is 379 g/mol. The largest absolute Gasteiger partial charge is 0.383 e. The smallest absolute Gasteiger partial charge is 0.272 e. The third kappa shape index (κ3) is 5.56. The molecule has 1 aromatic heterocycles. The van der Waals surface area contributed by atoms with Crippen LogP contribution in [-0.2, 0) is 13.0 Å². The second-order valence-corrected chi connectivity index (χ2v) is 6.82. The lowest BCUT2D eigenvalue weighted by molar-refractivity contribution is 0.0779. The molecule has 3 rings (SSSR count). The van der Waals surface area contributed by atoms with Crippen LogP contribution in [0.4, 0.5) is 5.69 Å². The van der Waals surface area contributed by atoms with E-state index >= 15 is 0 Å². The van der Waals surface area contributed by atoms with E-state index in [1.165, 1.54) is 5.56 Å². The van der Waals surface area contributed by atoms with Crippen LogP contribution in [0.1, 0.15) is 21.6 Å². The number of hydrogen-bond acceptors (Lipinski definition) is 3. The number of hydrogen-bond donors (Lipinski definition) is 1. The Balaban J connectivity index is 1.52. The van der Waals surface area contributed by atoms with Crippen molar-refractivity contribution in [2.24, 2.45) is 0 Å². The van der Waals surface area contributed by atoms with E-state index in [1.54, 1.807) is 24.2 Å². The van der Waals surface area contributed by atoms with Crippen LogP contribution in [0, 0.1) is 0 Å². The highest BCUT2D eigenvalue weighted by atomic mass is 35.5. The topological polar surface area (TPSA) is 45.2 Å². The average Bonchev–Trinajstić information content (AvgIpc) is 2.69. The summed E-state index contributed by atoms with van der Waals surface area (Å²) in [5.41, 5.74) is 3.60. The molecule has 2 aromatic carbocycles. The van der Waals surface area contributed by atoms with E-state index in [9.17, 15) is 4.79 Å². The molecule has 0 spiro atoms. The molecule has 0 radical (unpaired) electrons. The molecule has 0 fully saturated rings. The Bertz CT molecular complexity index is 882. The van der Waals surface area contributed by atoms with Crippen molar-refractivity contribution in [3.05, 3.63) is 94.8 Å². The molecule has 0 saturated carbocycles. The lowest BCUT2D eigenvalue weighted by atomic mass is 10.1. The van der Waals surface area contributed by atoms with Gasteiger partial charge in [-0.25, -0.2) is 4.98 Å². The maximum Gasteiger partial charge on any atom is 0.272 e. The van der Waals surface area contributed by atoms with Gasteiger partial charge in [0.15, 0.2) is 0 Å². The highest BCUT2D eigenvalue weighted by molar-refractivity contribution is 6.30. The molecule has 0 atom stereocenters. The predicted molar refractivity (Wildman–Crippen MR) is 110 cm³/mol. The molecule has 138 valence electrons. The summed E-state index contributed by atoms with van der Waals surface area (Å²) in [5.74, 6) is -0.0932. The van der Waals surface area contributed by atoms with Crippen molar-refractivity contribution >= 4 is 23.2 Å². The molecular formula is C22H22ClN3O. The Morgan fingerprint density at radius 1 is 1.04 bits per heavy atom. The SMILES string of the molecule is CN(Cc1ccccc1)C(=O)c1ccc(NCCc2cccc(Cl)c2)cn1. The first-order valence-electron chi connectivity index (χ1n) is 8.85. The molecule has 3 aromatic rings. The summed E-state index contributed by atoms with van der Waals surface area (Å²) < 4.78 is 0. The van der Waals surface area contributed by atoms with Crippen LogP contribution in [0.2, 0.25) is 5.02 Å². The number of carbonyl (C=O) groups excluding carboxylic acids is 1. The first-order valence-corrected chi connectivity index (χ1v) is 9.23. The third-order valence-electron chi connectivity index (χ3n) is 4.22. The molecule has 0 aliphatic rings. The number of nitrogens with zero attached hydrogens (tertiary/aromatic N) is 2. The van der Waals surface area contributed by atoms with Crippen molar-refractivity contribution in [1.82, 2.24) is 9.88 Å². The van der Waals surface area contributed by atoms with E-state index < -0.39 is 0 Å². The molecule has 0 unspecified atom stereocenters. The third-order valence-corrected chi connectivity index (χ3v) is 4.46. The van der Waals surface area contributed by atoms with Crippen molar-refractivity contribution in [3.8, 4) is 0 Å². The van der Waals surface area contributed by atoms with Gasteiger partial charge in [-0.1, -0.05) is 54.1 Å². The molecule has 0 bridgehead atoms. The van der Waals surface area contributed by atoms with Crippen molar-refractivity contribution in [2.75, 3.05) is 18.9 Å². The molecular weight excluding hydrogens is 358 g/mol. The molecule has 0 aliphatic heterocycles. The number of carbonyl (C=O) groups is 1. The minimum absolute atomic E-state index is 0.0932. The van der Waals surface area contributed by atoms with Crippen molar-refractivity contribution in [3.63, 3.8) is 0 Å². The molecule has 5 heteroatoms. The van der Waals surface area contributed by atoms with E-state index in [1.807, 2.05) is 54.6 Å². The van der Waals surface area contributed by atoms with Crippen molar-refractivity contribution in [1.29, 1.82) is 0 Å². The maximum atomic E-state index is 12.5. The van der Waals surface area contributed by atoms with Gasteiger partial charge in [0, 0.05) is 25.2 Å². The molecule has 0 aliphatic carbocycles. The van der Waals surface area contributed by atoms with E-state index in [-0.39, 0.29) is 5.91 Å². The fraction of sp³-hybridized carbons (Fsp3) is 0.182. The minimum atomic E-state index is -0.0932. The van der Waals surface area contributed by atoms with Crippen molar-refractivity contribution in [2.45, 2.75) is 13.0 Å². The van der Waals surface area contributed by atoms with Crippen LogP contribution in [0.25, 0.3) is 0 Å². The van der Waals surface area contributed by atoms with Crippen LogP contribution in [0.3, 0.4) is 0 Å². The second kappa shape index (κ2) is 9.19. The zero-order chi connectivity index (χ0) is 19.1. The number of amides is 1. The summed E-state index contributed by atoms with van der Waals surface area (Å²) >= 11 is 6.00. The van der Waals surface area contributed by atoms with E-state index in [4.69, 9.17) is 11.6 Å². The molecule has 1 heterocycles. The quantitative estimate of drug-likeness (QED) is 0.649. The van der Waals surface area contributed by atoms with Crippen LogP contribution in [0.5, 0.6) is 0 Å².